The lowest BCUT2D eigenvalue weighted by Crippen LogP contribution is -2.50. The van der Waals surface area contributed by atoms with Gasteiger partial charge in [-0.3, -0.25) is 9.59 Å². The summed E-state index contributed by atoms with van der Waals surface area (Å²) in [5.74, 6) is 0.152. The van der Waals surface area contributed by atoms with Crippen molar-refractivity contribution in [3.05, 3.63) is 83.4 Å². The van der Waals surface area contributed by atoms with E-state index in [0.717, 1.165) is 48.5 Å². The first-order valence-corrected chi connectivity index (χ1v) is 13.4. The largest absolute Gasteiger partial charge is 0.416 e. The molecule has 5 atom stereocenters. The Morgan fingerprint density at radius 1 is 1.00 bits per heavy atom. The van der Waals surface area contributed by atoms with Gasteiger partial charge in [0.15, 0.2) is 0 Å². The van der Waals surface area contributed by atoms with Gasteiger partial charge in [0.2, 0.25) is 5.91 Å². The second-order valence-electron chi connectivity index (χ2n) is 10.7. The summed E-state index contributed by atoms with van der Waals surface area (Å²) in [5.41, 5.74) is 1.41. The fourth-order valence-electron chi connectivity index (χ4n) is 6.57. The van der Waals surface area contributed by atoms with Gasteiger partial charge in [-0.2, -0.15) is 13.2 Å². The molecule has 1 saturated heterocycles. The number of amides is 2. The second-order valence-corrected chi connectivity index (χ2v) is 10.7. The Morgan fingerprint density at radius 2 is 1.77 bits per heavy atom. The van der Waals surface area contributed by atoms with Crippen molar-refractivity contribution < 1.29 is 22.8 Å². The number of halogens is 3. The van der Waals surface area contributed by atoms with Crippen LogP contribution < -0.4 is 10.6 Å². The van der Waals surface area contributed by atoms with Gasteiger partial charge in [-0.1, -0.05) is 31.0 Å². The molecule has 2 fully saturated rings. The lowest BCUT2D eigenvalue weighted by molar-refractivity contribution is -0.139. The zero-order chi connectivity index (χ0) is 27.1. The monoisotopic (exact) mass is 537 g/mol. The molecule has 1 aromatic heterocycles. The van der Waals surface area contributed by atoms with Gasteiger partial charge in [0, 0.05) is 42.1 Å². The van der Waals surface area contributed by atoms with Gasteiger partial charge in [0.25, 0.3) is 5.91 Å². The smallest absolute Gasteiger partial charge is 0.375 e. The molecule has 0 unspecified atom stereocenters. The number of carbonyl (C=O) groups is 2. The molecule has 1 aliphatic carbocycles. The number of alkyl halides is 3. The fourth-order valence-corrected chi connectivity index (χ4v) is 6.57. The van der Waals surface area contributed by atoms with E-state index < -0.39 is 17.6 Å². The first-order valence-electron chi connectivity index (χ1n) is 13.4. The molecule has 1 saturated carbocycles. The van der Waals surface area contributed by atoms with E-state index in [-0.39, 0.29) is 41.4 Å². The van der Waals surface area contributed by atoms with Crippen molar-refractivity contribution in [2.75, 3.05) is 11.9 Å². The van der Waals surface area contributed by atoms with Gasteiger partial charge >= 0.3 is 6.18 Å². The van der Waals surface area contributed by atoms with Gasteiger partial charge in [-0.05, 0) is 55.2 Å². The van der Waals surface area contributed by atoms with E-state index in [4.69, 9.17) is 0 Å². The molecule has 2 aliphatic heterocycles. The molecule has 0 spiro atoms. The van der Waals surface area contributed by atoms with E-state index in [1.807, 2.05) is 23.1 Å². The molecule has 0 radical (unpaired) electrons. The van der Waals surface area contributed by atoms with Crippen LogP contribution in [0.25, 0.3) is 0 Å². The van der Waals surface area contributed by atoms with Crippen molar-refractivity contribution in [2.24, 2.45) is 11.8 Å². The maximum atomic E-state index is 14.1. The molecule has 2 amide bonds. The third kappa shape index (κ3) is 4.77. The molecule has 6 rings (SSSR count). The number of carbonyl (C=O) groups excluding carboxylic acids is 2. The highest BCUT2D eigenvalue weighted by molar-refractivity contribution is 5.95. The predicted octanol–water partition coefficient (Wildman–Crippen LogP) is 5.47. The number of benzene rings is 2. The highest BCUT2D eigenvalue weighted by atomic mass is 19.4. The molecular weight excluding hydrogens is 507 g/mol. The molecule has 0 bridgehead atoms. The quantitative estimate of drug-likeness (QED) is 0.412. The summed E-state index contributed by atoms with van der Waals surface area (Å²) >= 11 is 0. The Morgan fingerprint density at radius 3 is 2.51 bits per heavy atom. The first kappa shape index (κ1) is 25.5. The Bertz CT molecular complexity index is 1340. The summed E-state index contributed by atoms with van der Waals surface area (Å²) in [6.45, 7) is 0.609. The maximum Gasteiger partial charge on any atom is 0.416 e. The summed E-state index contributed by atoms with van der Waals surface area (Å²) in [7, 11) is 0. The third-order valence-electron chi connectivity index (χ3n) is 8.43. The van der Waals surface area contributed by atoms with Gasteiger partial charge < -0.3 is 20.5 Å². The molecule has 3 heterocycles. The van der Waals surface area contributed by atoms with Crippen LogP contribution in [-0.2, 0) is 11.0 Å². The Hall–Kier alpha value is -3.82. The minimum Gasteiger partial charge on any atom is -0.375 e. The van der Waals surface area contributed by atoms with Crippen LogP contribution in [-0.4, -0.2) is 39.3 Å². The maximum absolute atomic E-state index is 14.1. The van der Waals surface area contributed by atoms with Crippen LogP contribution in [0, 0.1) is 11.8 Å². The molecule has 3 N–H and O–H groups in total. The minimum atomic E-state index is -4.47. The molecule has 7 nitrogen and oxygen atoms in total. The number of rotatable bonds is 4. The van der Waals surface area contributed by atoms with Gasteiger partial charge in [-0.25, -0.2) is 4.98 Å². The van der Waals surface area contributed by atoms with Gasteiger partial charge in [0.1, 0.15) is 5.82 Å². The number of hydrogen-bond donors (Lipinski definition) is 3. The second kappa shape index (κ2) is 10.1. The van der Waals surface area contributed by atoms with Gasteiger partial charge in [-0.15, -0.1) is 0 Å². The average molecular weight is 538 g/mol. The number of anilines is 1. The fraction of sp³-hybridized carbons (Fsp3) is 0.414. The molecule has 39 heavy (non-hydrogen) atoms. The van der Waals surface area contributed by atoms with E-state index in [1.54, 1.807) is 12.4 Å². The van der Waals surface area contributed by atoms with E-state index in [2.05, 4.69) is 26.7 Å². The normalized spacial score (nSPS) is 26.3. The van der Waals surface area contributed by atoms with E-state index >= 15 is 0 Å². The number of hydrogen-bond acceptors (Lipinski definition) is 4. The van der Waals surface area contributed by atoms with E-state index in [0.29, 0.717) is 19.4 Å². The van der Waals surface area contributed by atoms with Crippen LogP contribution in [0.4, 0.5) is 18.9 Å². The summed E-state index contributed by atoms with van der Waals surface area (Å²) in [5, 5.41) is 6.59. The van der Waals surface area contributed by atoms with Crippen LogP contribution in [0.3, 0.4) is 0 Å². The number of fused-ring (bicyclic) bond motifs is 3. The van der Waals surface area contributed by atoms with Crippen molar-refractivity contribution in [1.29, 1.82) is 0 Å². The molecule has 204 valence electrons. The van der Waals surface area contributed by atoms with Crippen molar-refractivity contribution in [3.8, 4) is 0 Å². The molecule has 3 aromatic rings. The summed E-state index contributed by atoms with van der Waals surface area (Å²) in [4.78, 5) is 36.8. The topological polar surface area (TPSA) is 90.1 Å². The summed E-state index contributed by atoms with van der Waals surface area (Å²) in [6, 6.07) is 11.7. The number of imidazole rings is 1. The number of nitrogens with zero attached hydrogens (tertiary/aromatic N) is 2. The standard InChI is InChI=1S/C29H30F3N5O2/c30-29(31,32)18-11-9-17(10-12-18)27(38)36-23-8-4-2-6-20(23)28(39)37-16-13-21-24(26-33-14-15-34-26)35-22-7-3-1-5-19(22)25(21)37/h1,3,5,7,9-12,14-15,20-21,23-25,35H,2,4,6,8,13,16H2,(H,33,34)(H,36,38)/t20-,21-,23+,24+,25-/m0/s1. The SMILES string of the molecule is O=C(N[C@@H]1CCCC[C@@H]1C(=O)N1CC[C@H]2[C@H](c3ncc[nH]3)Nc3ccccc3[C@@H]21)c1ccc(C(F)(F)F)cc1. The minimum absolute atomic E-state index is 0.0230. The van der Waals surface area contributed by atoms with Crippen molar-refractivity contribution >= 4 is 17.5 Å². The lowest BCUT2D eigenvalue weighted by Gasteiger charge is -2.41. The van der Waals surface area contributed by atoms with Crippen molar-refractivity contribution in [1.82, 2.24) is 20.2 Å². The number of aromatic nitrogens is 2. The highest BCUT2D eigenvalue weighted by Crippen LogP contribution is 2.51. The van der Waals surface area contributed by atoms with E-state index in [9.17, 15) is 22.8 Å². The first-order chi connectivity index (χ1) is 18.8. The van der Waals surface area contributed by atoms with Crippen molar-refractivity contribution in [3.63, 3.8) is 0 Å². The van der Waals surface area contributed by atoms with Crippen LogP contribution >= 0.6 is 0 Å². The third-order valence-corrected chi connectivity index (χ3v) is 8.43. The lowest BCUT2D eigenvalue weighted by atomic mass is 9.80. The Kier molecular flexibility index (Phi) is 6.56. The van der Waals surface area contributed by atoms with Crippen LogP contribution in [0.5, 0.6) is 0 Å². The van der Waals surface area contributed by atoms with Crippen LogP contribution in [0.15, 0.2) is 60.9 Å². The number of H-pyrrole nitrogens is 1. The molecule has 2 aromatic carbocycles. The number of para-hydroxylation sites is 1. The molecule has 3 aliphatic rings. The zero-order valence-electron chi connectivity index (χ0n) is 21.2. The van der Waals surface area contributed by atoms with Crippen LogP contribution in [0.1, 0.15) is 71.5 Å². The summed E-state index contributed by atoms with van der Waals surface area (Å²) < 4.78 is 38.8. The predicted molar refractivity (Wildman–Crippen MR) is 139 cm³/mol. The van der Waals surface area contributed by atoms with E-state index in [1.165, 1.54) is 12.1 Å². The summed E-state index contributed by atoms with van der Waals surface area (Å²) in [6.07, 6.45) is 2.96. The molecule has 10 heteroatoms. The van der Waals surface area contributed by atoms with Gasteiger partial charge in [0.05, 0.1) is 23.6 Å². The Balaban J connectivity index is 1.23. The van der Waals surface area contributed by atoms with Crippen molar-refractivity contribution in [2.45, 2.75) is 56.4 Å². The Labute approximate surface area is 224 Å². The number of likely N-dealkylation sites (tertiary alicyclic amines) is 1. The van der Waals surface area contributed by atoms with Crippen LogP contribution in [0.2, 0.25) is 0 Å². The molecular formula is C29H30F3N5O2. The number of nitrogens with one attached hydrogen (secondary N) is 3. The zero-order valence-corrected chi connectivity index (χ0v) is 21.2. The average Bonchev–Trinajstić information content (AvgIpc) is 3.63. The highest BCUT2D eigenvalue weighted by Gasteiger charge is 2.49. The number of aromatic amines is 1.